The molecule has 0 spiro atoms. The number of carbonyl (C=O) groups is 1. The van der Waals surface area contributed by atoms with Crippen LogP contribution >= 0.6 is 11.6 Å². The fraction of sp³-hybridized carbons (Fsp3) is 0.133. The number of hydrogen-bond donors (Lipinski definition) is 0. The number of hydrogen-bond acceptors (Lipinski definition) is 1. The second kappa shape index (κ2) is 5.15. The van der Waals surface area contributed by atoms with Gasteiger partial charge in [-0.15, -0.1) is 0 Å². The summed E-state index contributed by atoms with van der Waals surface area (Å²) < 4.78 is 0. The van der Waals surface area contributed by atoms with Gasteiger partial charge in [0.2, 0.25) is 5.24 Å². The van der Waals surface area contributed by atoms with Gasteiger partial charge in [-0.05, 0) is 40.8 Å². The Morgan fingerprint density at radius 1 is 1.06 bits per heavy atom. The second-order valence-corrected chi connectivity index (χ2v) is 4.46. The van der Waals surface area contributed by atoms with Crippen LogP contribution in [0, 0.1) is 6.92 Å². The van der Waals surface area contributed by atoms with E-state index < -0.39 is 0 Å². The molecule has 0 N–H and O–H groups in total. The second-order valence-electron chi connectivity index (χ2n) is 4.04. The molecule has 0 saturated heterocycles. The quantitative estimate of drug-likeness (QED) is 0.747. The van der Waals surface area contributed by atoms with Crippen molar-refractivity contribution in [1.82, 2.24) is 0 Å². The van der Waals surface area contributed by atoms with Gasteiger partial charge in [0.15, 0.2) is 0 Å². The van der Waals surface area contributed by atoms with Gasteiger partial charge in [0.1, 0.15) is 0 Å². The minimum absolute atomic E-state index is 0.286. The molecule has 0 atom stereocenters. The Balaban J connectivity index is 2.41. The molecule has 0 heterocycles. The predicted octanol–water partition coefficient (Wildman–Crippen LogP) is 3.97. The summed E-state index contributed by atoms with van der Waals surface area (Å²) in [7, 11) is 0. The van der Waals surface area contributed by atoms with E-state index in [1.54, 1.807) is 0 Å². The van der Waals surface area contributed by atoms with Gasteiger partial charge >= 0.3 is 0 Å². The molecule has 0 aliphatic rings. The monoisotopic (exact) mass is 244 g/mol. The van der Waals surface area contributed by atoms with E-state index in [0.29, 0.717) is 0 Å². The van der Waals surface area contributed by atoms with Crippen molar-refractivity contribution in [3.05, 3.63) is 59.7 Å². The van der Waals surface area contributed by atoms with Crippen LogP contribution in [0.2, 0.25) is 0 Å². The van der Waals surface area contributed by atoms with Crippen molar-refractivity contribution in [1.29, 1.82) is 0 Å². The van der Waals surface area contributed by atoms with E-state index in [9.17, 15) is 4.79 Å². The molecule has 0 aromatic heterocycles. The van der Waals surface area contributed by atoms with Crippen molar-refractivity contribution in [3.8, 4) is 11.1 Å². The maximum Gasteiger partial charge on any atom is 0.226 e. The van der Waals surface area contributed by atoms with Gasteiger partial charge in [-0.2, -0.15) is 0 Å². The third-order valence-corrected chi connectivity index (χ3v) is 2.92. The first-order valence-electron chi connectivity index (χ1n) is 5.50. The predicted molar refractivity (Wildman–Crippen MR) is 71.2 cm³/mol. The summed E-state index contributed by atoms with van der Waals surface area (Å²) in [4.78, 5) is 11.0. The van der Waals surface area contributed by atoms with Gasteiger partial charge in [-0.3, -0.25) is 4.79 Å². The van der Waals surface area contributed by atoms with Crippen LogP contribution < -0.4 is 0 Å². The third kappa shape index (κ3) is 2.95. The average molecular weight is 245 g/mol. The lowest BCUT2D eigenvalue weighted by Gasteiger charge is -2.07. The summed E-state index contributed by atoms with van der Waals surface area (Å²) in [6.07, 6.45) is 0.286. The van der Waals surface area contributed by atoms with Crippen LogP contribution in [0.1, 0.15) is 11.1 Å². The molecule has 0 aliphatic carbocycles. The smallest absolute Gasteiger partial charge is 0.226 e. The number of rotatable bonds is 3. The summed E-state index contributed by atoms with van der Waals surface area (Å²) in [6, 6.07) is 16.2. The van der Waals surface area contributed by atoms with Crippen molar-refractivity contribution >= 4 is 16.8 Å². The highest BCUT2D eigenvalue weighted by molar-refractivity contribution is 6.63. The molecule has 17 heavy (non-hydrogen) atoms. The molecule has 2 aromatic rings. The lowest BCUT2D eigenvalue weighted by molar-refractivity contribution is -0.111. The first-order chi connectivity index (χ1) is 8.16. The highest BCUT2D eigenvalue weighted by atomic mass is 35.5. The fourth-order valence-electron chi connectivity index (χ4n) is 1.82. The van der Waals surface area contributed by atoms with E-state index in [1.165, 1.54) is 0 Å². The topological polar surface area (TPSA) is 17.1 Å². The van der Waals surface area contributed by atoms with Gasteiger partial charge in [-0.1, -0.05) is 48.5 Å². The van der Waals surface area contributed by atoms with Crippen molar-refractivity contribution in [3.63, 3.8) is 0 Å². The Labute approximate surface area is 106 Å². The van der Waals surface area contributed by atoms with E-state index >= 15 is 0 Å². The molecule has 0 amide bonds. The normalized spacial score (nSPS) is 10.2. The molecule has 86 valence electrons. The van der Waals surface area contributed by atoms with Crippen LogP contribution in [-0.4, -0.2) is 5.24 Å². The summed E-state index contributed by atoms with van der Waals surface area (Å²) >= 11 is 5.44. The molecular weight excluding hydrogens is 232 g/mol. The molecule has 0 fully saturated rings. The Kier molecular flexibility index (Phi) is 3.60. The van der Waals surface area contributed by atoms with Gasteiger partial charge in [0.25, 0.3) is 0 Å². The highest BCUT2D eigenvalue weighted by Crippen LogP contribution is 2.22. The zero-order chi connectivity index (χ0) is 12.3. The van der Waals surface area contributed by atoms with E-state index in [2.05, 4.69) is 18.2 Å². The van der Waals surface area contributed by atoms with Crippen molar-refractivity contribution in [2.75, 3.05) is 0 Å². The van der Waals surface area contributed by atoms with Crippen molar-refractivity contribution in [2.24, 2.45) is 0 Å². The van der Waals surface area contributed by atoms with Crippen molar-refractivity contribution in [2.45, 2.75) is 13.3 Å². The average Bonchev–Trinajstić information content (AvgIpc) is 2.32. The van der Waals surface area contributed by atoms with Gasteiger partial charge < -0.3 is 0 Å². The molecule has 2 heteroatoms. The van der Waals surface area contributed by atoms with Crippen LogP contribution in [0.25, 0.3) is 11.1 Å². The standard InChI is InChI=1S/C15H13ClO/c1-11-7-8-13(9-14(11)10-15(16)17)12-5-3-2-4-6-12/h2-9H,10H2,1H3. The minimum atomic E-state index is -0.321. The first kappa shape index (κ1) is 11.9. The van der Waals surface area contributed by atoms with Crippen LogP contribution in [0.3, 0.4) is 0 Å². The third-order valence-electron chi connectivity index (χ3n) is 2.79. The SMILES string of the molecule is Cc1ccc(-c2ccccc2)cc1CC(=O)Cl. The summed E-state index contributed by atoms with van der Waals surface area (Å²) in [6.45, 7) is 1.99. The van der Waals surface area contributed by atoms with E-state index in [1.807, 2.05) is 37.3 Å². The molecule has 0 bridgehead atoms. The Morgan fingerprint density at radius 3 is 2.41 bits per heavy atom. The van der Waals surface area contributed by atoms with Crippen LogP contribution in [0.5, 0.6) is 0 Å². The minimum Gasteiger partial charge on any atom is -0.281 e. The Morgan fingerprint density at radius 2 is 1.76 bits per heavy atom. The molecule has 1 nitrogen and oxygen atoms in total. The van der Waals surface area contributed by atoms with E-state index in [0.717, 1.165) is 22.3 Å². The number of carbonyl (C=O) groups excluding carboxylic acids is 1. The Hall–Kier alpha value is -1.60. The number of aryl methyl sites for hydroxylation is 1. The molecule has 0 radical (unpaired) electrons. The molecule has 0 saturated carbocycles. The van der Waals surface area contributed by atoms with Crippen molar-refractivity contribution < 1.29 is 4.79 Å². The number of halogens is 1. The lowest BCUT2D eigenvalue weighted by Crippen LogP contribution is -1.96. The van der Waals surface area contributed by atoms with Gasteiger partial charge in [0.05, 0.1) is 0 Å². The molecule has 0 aliphatic heterocycles. The van der Waals surface area contributed by atoms with E-state index in [4.69, 9.17) is 11.6 Å². The highest BCUT2D eigenvalue weighted by Gasteiger charge is 2.05. The largest absolute Gasteiger partial charge is 0.281 e. The summed E-state index contributed by atoms with van der Waals surface area (Å²) in [5, 5.41) is -0.321. The lowest BCUT2D eigenvalue weighted by atomic mass is 9.98. The van der Waals surface area contributed by atoms with Crippen LogP contribution in [-0.2, 0) is 11.2 Å². The molecule has 2 aromatic carbocycles. The molecule has 0 unspecified atom stereocenters. The molecular formula is C15H13ClO. The van der Waals surface area contributed by atoms with Gasteiger partial charge in [0, 0.05) is 6.42 Å². The maximum atomic E-state index is 11.0. The summed E-state index contributed by atoms with van der Waals surface area (Å²) in [5.41, 5.74) is 4.35. The molecule has 2 rings (SSSR count). The first-order valence-corrected chi connectivity index (χ1v) is 5.88. The fourth-order valence-corrected chi connectivity index (χ4v) is 1.97. The zero-order valence-electron chi connectivity index (χ0n) is 9.61. The number of benzene rings is 2. The maximum absolute atomic E-state index is 11.0. The Bertz CT molecular complexity index is 532. The van der Waals surface area contributed by atoms with Crippen LogP contribution in [0.4, 0.5) is 0 Å². The van der Waals surface area contributed by atoms with E-state index in [-0.39, 0.29) is 11.7 Å². The van der Waals surface area contributed by atoms with Crippen LogP contribution in [0.15, 0.2) is 48.5 Å². The zero-order valence-corrected chi connectivity index (χ0v) is 10.4. The summed E-state index contributed by atoms with van der Waals surface area (Å²) in [5.74, 6) is 0. The van der Waals surface area contributed by atoms with Gasteiger partial charge in [-0.25, -0.2) is 0 Å².